The minimum Gasteiger partial charge on any atom is -0.495 e. The number of hydrogen-bond donors (Lipinski definition) is 2. The van der Waals surface area contributed by atoms with Crippen LogP contribution in [0, 0.1) is 0 Å². The fourth-order valence-electron chi connectivity index (χ4n) is 2.46. The third kappa shape index (κ3) is 6.92. The van der Waals surface area contributed by atoms with E-state index in [4.69, 9.17) is 21.1 Å². The molecule has 0 aliphatic heterocycles. The molecule has 29 heavy (non-hydrogen) atoms. The highest BCUT2D eigenvalue weighted by Gasteiger charge is 2.18. The molecule has 0 aliphatic rings. The summed E-state index contributed by atoms with van der Waals surface area (Å²) in [6.45, 7) is 4.85. The van der Waals surface area contributed by atoms with Gasteiger partial charge in [0, 0.05) is 23.7 Å². The maximum Gasteiger partial charge on any atom is 0.262 e. The van der Waals surface area contributed by atoms with E-state index in [1.165, 1.54) is 31.4 Å². The maximum absolute atomic E-state index is 12.8. The van der Waals surface area contributed by atoms with E-state index in [1.54, 1.807) is 18.2 Å². The lowest BCUT2D eigenvalue weighted by Crippen LogP contribution is -2.26. The van der Waals surface area contributed by atoms with Crippen molar-refractivity contribution in [2.24, 2.45) is 0 Å². The number of sulfonamides is 1. The summed E-state index contributed by atoms with van der Waals surface area (Å²) < 4.78 is 38.5. The monoisotopic (exact) mass is 440 g/mol. The second-order valence-corrected chi connectivity index (χ2v) is 8.63. The molecule has 2 aromatic carbocycles. The van der Waals surface area contributed by atoms with Gasteiger partial charge in [-0.2, -0.15) is 0 Å². The Kier molecular flexibility index (Phi) is 8.31. The van der Waals surface area contributed by atoms with Crippen LogP contribution in [0.2, 0.25) is 5.02 Å². The van der Waals surface area contributed by atoms with Crippen molar-refractivity contribution in [1.82, 2.24) is 5.32 Å². The van der Waals surface area contributed by atoms with Gasteiger partial charge in [-0.15, -0.1) is 0 Å². The average molecular weight is 441 g/mol. The standard InChI is InChI=1S/C20H25ClN2O5S/c1-14(2)28-11-5-10-22-20(24)15-6-4-7-17(12-15)29(25,26)23-18-13-16(21)8-9-19(18)27-3/h4,6-9,12-14,23H,5,10-11H2,1-3H3,(H,22,24). The molecular formula is C20H25ClN2O5S. The molecule has 0 saturated carbocycles. The van der Waals surface area contributed by atoms with Gasteiger partial charge >= 0.3 is 0 Å². The Bertz CT molecular complexity index is 948. The van der Waals surface area contributed by atoms with Gasteiger partial charge < -0.3 is 14.8 Å². The number of hydrogen-bond acceptors (Lipinski definition) is 5. The van der Waals surface area contributed by atoms with Crippen molar-refractivity contribution in [3.05, 3.63) is 53.1 Å². The van der Waals surface area contributed by atoms with Gasteiger partial charge in [0.1, 0.15) is 5.75 Å². The summed E-state index contributed by atoms with van der Waals surface area (Å²) in [5.41, 5.74) is 0.454. The van der Waals surface area contributed by atoms with Gasteiger partial charge in [-0.05, 0) is 56.7 Å². The summed E-state index contributed by atoms with van der Waals surface area (Å²) in [5, 5.41) is 3.11. The molecule has 9 heteroatoms. The van der Waals surface area contributed by atoms with Crippen molar-refractivity contribution in [3.63, 3.8) is 0 Å². The smallest absolute Gasteiger partial charge is 0.262 e. The first-order chi connectivity index (χ1) is 13.7. The summed E-state index contributed by atoms with van der Waals surface area (Å²) in [5.74, 6) is -0.0255. The zero-order chi connectivity index (χ0) is 21.4. The van der Waals surface area contributed by atoms with Crippen LogP contribution in [-0.2, 0) is 14.8 Å². The summed E-state index contributed by atoms with van der Waals surface area (Å²) in [4.78, 5) is 12.3. The van der Waals surface area contributed by atoms with Crippen molar-refractivity contribution in [1.29, 1.82) is 0 Å². The topological polar surface area (TPSA) is 93.7 Å². The van der Waals surface area contributed by atoms with Crippen molar-refractivity contribution >= 4 is 33.2 Å². The van der Waals surface area contributed by atoms with Crippen LogP contribution in [-0.4, -0.2) is 40.7 Å². The van der Waals surface area contributed by atoms with E-state index < -0.39 is 10.0 Å². The number of anilines is 1. The molecule has 0 atom stereocenters. The molecule has 0 radical (unpaired) electrons. The lowest BCUT2D eigenvalue weighted by atomic mass is 10.2. The summed E-state index contributed by atoms with van der Waals surface area (Å²) in [7, 11) is -2.52. The number of carbonyl (C=O) groups is 1. The number of benzene rings is 2. The molecule has 7 nitrogen and oxygen atoms in total. The maximum atomic E-state index is 12.8. The molecule has 1 amide bonds. The zero-order valence-electron chi connectivity index (χ0n) is 16.6. The van der Waals surface area contributed by atoms with Crippen LogP contribution in [0.1, 0.15) is 30.6 Å². The lowest BCUT2D eigenvalue weighted by molar-refractivity contribution is 0.0757. The summed E-state index contributed by atoms with van der Waals surface area (Å²) >= 11 is 5.95. The Balaban J connectivity index is 2.09. The highest BCUT2D eigenvalue weighted by molar-refractivity contribution is 7.92. The minimum atomic E-state index is -3.95. The van der Waals surface area contributed by atoms with Gasteiger partial charge in [0.15, 0.2) is 0 Å². The number of methoxy groups -OCH3 is 1. The van der Waals surface area contributed by atoms with Gasteiger partial charge in [-0.3, -0.25) is 9.52 Å². The SMILES string of the molecule is COc1ccc(Cl)cc1NS(=O)(=O)c1cccc(C(=O)NCCCOC(C)C)c1. The first-order valence-electron chi connectivity index (χ1n) is 9.09. The van der Waals surface area contributed by atoms with E-state index in [-0.39, 0.29) is 28.2 Å². The molecule has 0 heterocycles. The molecule has 0 aromatic heterocycles. The fraction of sp³-hybridized carbons (Fsp3) is 0.350. The van der Waals surface area contributed by atoms with E-state index in [0.29, 0.717) is 30.3 Å². The minimum absolute atomic E-state index is 0.0460. The van der Waals surface area contributed by atoms with Crippen LogP contribution in [0.25, 0.3) is 0 Å². The molecule has 0 unspecified atom stereocenters. The van der Waals surface area contributed by atoms with Crippen molar-refractivity contribution in [3.8, 4) is 5.75 Å². The van der Waals surface area contributed by atoms with Crippen molar-refractivity contribution in [2.45, 2.75) is 31.3 Å². The van der Waals surface area contributed by atoms with Crippen LogP contribution < -0.4 is 14.8 Å². The number of rotatable bonds is 10. The quantitative estimate of drug-likeness (QED) is 0.549. The van der Waals surface area contributed by atoms with Crippen molar-refractivity contribution in [2.75, 3.05) is 25.0 Å². The number of nitrogens with one attached hydrogen (secondary N) is 2. The molecule has 0 spiro atoms. The van der Waals surface area contributed by atoms with E-state index in [0.717, 1.165) is 0 Å². The zero-order valence-corrected chi connectivity index (χ0v) is 18.1. The number of carbonyl (C=O) groups excluding carboxylic acids is 1. The van der Waals surface area contributed by atoms with Crippen LogP contribution in [0.4, 0.5) is 5.69 Å². The molecule has 158 valence electrons. The van der Waals surface area contributed by atoms with Gasteiger partial charge in [0.25, 0.3) is 15.9 Å². The highest BCUT2D eigenvalue weighted by atomic mass is 35.5. The first-order valence-corrected chi connectivity index (χ1v) is 11.0. The molecule has 2 N–H and O–H groups in total. The normalized spacial score (nSPS) is 11.3. The highest BCUT2D eigenvalue weighted by Crippen LogP contribution is 2.29. The van der Waals surface area contributed by atoms with Gasteiger partial charge in [-0.25, -0.2) is 8.42 Å². The van der Waals surface area contributed by atoms with E-state index >= 15 is 0 Å². The molecule has 2 rings (SSSR count). The molecule has 0 aliphatic carbocycles. The molecular weight excluding hydrogens is 416 g/mol. The second-order valence-electron chi connectivity index (χ2n) is 6.51. The lowest BCUT2D eigenvalue weighted by Gasteiger charge is -2.13. The van der Waals surface area contributed by atoms with Gasteiger partial charge in [-0.1, -0.05) is 17.7 Å². The van der Waals surface area contributed by atoms with Crippen LogP contribution in [0.15, 0.2) is 47.4 Å². The fourth-order valence-corrected chi connectivity index (χ4v) is 3.74. The average Bonchev–Trinajstić information content (AvgIpc) is 2.67. The number of amides is 1. The Hall–Kier alpha value is -2.29. The second kappa shape index (κ2) is 10.5. The largest absolute Gasteiger partial charge is 0.495 e. The molecule has 0 fully saturated rings. The Labute approximate surface area is 176 Å². The van der Waals surface area contributed by atoms with E-state index in [9.17, 15) is 13.2 Å². The molecule has 2 aromatic rings. The van der Waals surface area contributed by atoms with Crippen molar-refractivity contribution < 1.29 is 22.7 Å². The summed E-state index contributed by atoms with van der Waals surface area (Å²) in [6, 6.07) is 10.4. The van der Waals surface area contributed by atoms with Crippen LogP contribution >= 0.6 is 11.6 Å². The van der Waals surface area contributed by atoms with Crippen LogP contribution in [0.5, 0.6) is 5.75 Å². The molecule has 0 bridgehead atoms. The third-order valence-corrected chi connectivity index (χ3v) is 5.47. The van der Waals surface area contributed by atoms with E-state index in [1.807, 2.05) is 13.8 Å². The first kappa shape index (κ1) is 23.0. The molecule has 0 saturated heterocycles. The predicted octanol–water partition coefficient (Wildman–Crippen LogP) is 3.69. The van der Waals surface area contributed by atoms with Gasteiger partial charge in [0.05, 0.1) is 23.8 Å². The Morgan fingerprint density at radius 1 is 1.17 bits per heavy atom. The van der Waals surface area contributed by atoms with Crippen LogP contribution in [0.3, 0.4) is 0 Å². The van der Waals surface area contributed by atoms with E-state index in [2.05, 4.69) is 10.0 Å². The Morgan fingerprint density at radius 2 is 1.93 bits per heavy atom. The summed E-state index contributed by atoms with van der Waals surface area (Å²) in [6.07, 6.45) is 0.802. The third-order valence-electron chi connectivity index (χ3n) is 3.87. The predicted molar refractivity (Wildman–Crippen MR) is 113 cm³/mol. The number of ether oxygens (including phenoxy) is 2. The number of halogens is 1. The van der Waals surface area contributed by atoms with Gasteiger partial charge in [0.2, 0.25) is 0 Å². The Morgan fingerprint density at radius 3 is 2.62 bits per heavy atom.